The van der Waals surface area contributed by atoms with Crippen molar-refractivity contribution < 1.29 is 14.7 Å². The maximum Gasteiger partial charge on any atom is 0.181 e. The van der Waals surface area contributed by atoms with E-state index in [0.717, 1.165) is 13.1 Å². The number of carbonyl (C=O) groups is 2. The Morgan fingerprint density at radius 1 is 0.781 bits per heavy atom. The third-order valence-electron chi connectivity index (χ3n) is 6.32. The number of benzene rings is 2. The number of hydrogen-bond donors (Lipinski definition) is 3. The van der Waals surface area contributed by atoms with Crippen LogP contribution in [0.2, 0.25) is 0 Å². The van der Waals surface area contributed by atoms with Crippen LogP contribution in [0.5, 0.6) is 0 Å². The highest BCUT2D eigenvalue weighted by molar-refractivity contribution is 6.00. The summed E-state index contributed by atoms with van der Waals surface area (Å²) in [5.41, 5.74) is 1.38. The molecule has 2 atom stereocenters. The van der Waals surface area contributed by atoms with Crippen molar-refractivity contribution in [2.45, 2.75) is 18.2 Å². The van der Waals surface area contributed by atoms with Gasteiger partial charge in [-0.05, 0) is 0 Å². The van der Waals surface area contributed by atoms with Gasteiger partial charge in [-0.2, -0.15) is 0 Å². The Balaban J connectivity index is 1.40. The number of β-amino-alcohol motifs (C(OH)–C–C–N with tert-alkyl or cyclic N) is 1. The van der Waals surface area contributed by atoms with Crippen molar-refractivity contribution in [3.8, 4) is 0 Å². The van der Waals surface area contributed by atoms with E-state index in [-0.39, 0.29) is 23.7 Å². The Kier molecular flexibility index (Phi) is 7.78. The van der Waals surface area contributed by atoms with Crippen LogP contribution < -0.4 is 10.6 Å². The third kappa shape index (κ3) is 5.49. The predicted octanol–water partition coefficient (Wildman–Crippen LogP) is 0.661. The van der Waals surface area contributed by atoms with E-state index in [2.05, 4.69) is 20.4 Å². The van der Waals surface area contributed by atoms with Gasteiger partial charge in [-0.25, -0.2) is 0 Å². The molecule has 0 amide bonds. The molecule has 4 rings (SSSR count). The molecule has 0 aromatic heterocycles. The number of nitrogens with zero attached hydrogens (tertiary/aromatic N) is 2. The van der Waals surface area contributed by atoms with Crippen LogP contribution in [-0.2, 0) is 0 Å². The van der Waals surface area contributed by atoms with Gasteiger partial charge in [-0.15, -0.1) is 0 Å². The number of nitrogens with one attached hydrogen (secondary N) is 2. The molecule has 0 radical (unpaired) electrons. The fraction of sp³-hybridized carbons (Fsp3) is 0.440. The minimum atomic E-state index is -0.650. The van der Waals surface area contributed by atoms with Gasteiger partial charge in [0.25, 0.3) is 0 Å². The molecule has 2 aliphatic rings. The van der Waals surface area contributed by atoms with E-state index in [1.165, 1.54) is 0 Å². The molecule has 0 aliphatic carbocycles. The molecule has 2 aromatic carbocycles. The lowest BCUT2D eigenvalue weighted by atomic mass is 9.99. The molecule has 170 valence electrons. The summed E-state index contributed by atoms with van der Waals surface area (Å²) in [6, 6.07) is 18.0. The molecule has 2 fully saturated rings. The van der Waals surface area contributed by atoms with Crippen LogP contribution in [0.4, 0.5) is 0 Å². The summed E-state index contributed by atoms with van der Waals surface area (Å²) in [6.45, 7) is 4.93. The highest BCUT2D eigenvalue weighted by Gasteiger charge is 2.33. The van der Waals surface area contributed by atoms with Crippen molar-refractivity contribution in [1.29, 1.82) is 0 Å². The van der Waals surface area contributed by atoms with E-state index in [9.17, 15) is 14.7 Å². The summed E-state index contributed by atoms with van der Waals surface area (Å²) in [4.78, 5) is 30.3. The van der Waals surface area contributed by atoms with Crippen LogP contribution in [0.3, 0.4) is 0 Å². The van der Waals surface area contributed by atoms with Crippen molar-refractivity contribution in [3.05, 3.63) is 71.8 Å². The molecule has 2 unspecified atom stereocenters. The van der Waals surface area contributed by atoms with Gasteiger partial charge < -0.3 is 15.7 Å². The van der Waals surface area contributed by atoms with Crippen LogP contribution in [-0.4, -0.2) is 97.0 Å². The molecular formula is C25H32N4O3. The molecule has 0 saturated carbocycles. The van der Waals surface area contributed by atoms with Gasteiger partial charge in [0.15, 0.2) is 11.6 Å². The van der Waals surface area contributed by atoms with E-state index in [1.54, 1.807) is 0 Å². The monoisotopic (exact) mass is 436 g/mol. The number of aliphatic hydroxyl groups excluding tert-OH is 1. The first kappa shape index (κ1) is 22.8. The average molecular weight is 437 g/mol. The van der Waals surface area contributed by atoms with Gasteiger partial charge in [0.1, 0.15) is 0 Å². The molecule has 2 aliphatic heterocycles. The Morgan fingerprint density at radius 2 is 1.19 bits per heavy atom. The number of piperazine rings is 2. The van der Waals surface area contributed by atoms with Crippen LogP contribution in [0.1, 0.15) is 20.7 Å². The second-order valence-corrected chi connectivity index (χ2v) is 8.54. The maximum atomic E-state index is 13.1. The minimum Gasteiger partial charge on any atom is -0.390 e. The average Bonchev–Trinajstić information content (AvgIpc) is 2.85. The zero-order valence-corrected chi connectivity index (χ0v) is 18.3. The molecule has 2 heterocycles. The summed E-state index contributed by atoms with van der Waals surface area (Å²) in [6.07, 6.45) is -0.650. The van der Waals surface area contributed by atoms with Gasteiger partial charge in [-0.1, -0.05) is 60.7 Å². The van der Waals surface area contributed by atoms with Crippen molar-refractivity contribution in [1.82, 2.24) is 20.4 Å². The zero-order chi connectivity index (χ0) is 22.3. The SMILES string of the molecule is O=C(c1ccccc1)C1CNCCN1CC(O)CN1CCNCC1C(=O)c1ccccc1. The van der Waals surface area contributed by atoms with E-state index in [0.29, 0.717) is 50.4 Å². The third-order valence-corrected chi connectivity index (χ3v) is 6.32. The van der Waals surface area contributed by atoms with Crippen LogP contribution in [0.25, 0.3) is 0 Å². The smallest absolute Gasteiger partial charge is 0.181 e. The van der Waals surface area contributed by atoms with Gasteiger partial charge in [0.05, 0.1) is 18.2 Å². The van der Waals surface area contributed by atoms with Crippen molar-refractivity contribution in [3.63, 3.8) is 0 Å². The second kappa shape index (κ2) is 10.9. The lowest BCUT2D eigenvalue weighted by Crippen LogP contribution is -2.60. The van der Waals surface area contributed by atoms with Crippen LogP contribution >= 0.6 is 0 Å². The standard InChI is InChI=1S/C25H32N4O3/c30-21(17-28-13-11-26-15-22(28)24(31)19-7-3-1-4-8-19)18-29-14-12-27-16-23(29)25(32)20-9-5-2-6-10-20/h1-10,21-23,26-27,30H,11-18H2. The van der Waals surface area contributed by atoms with E-state index >= 15 is 0 Å². The zero-order valence-electron chi connectivity index (χ0n) is 18.3. The largest absolute Gasteiger partial charge is 0.390 e. The number of hydrogen-bond acceptors (Lipinski definition) is 7. The second-order valence-electron chi connectivity index (χ2n) is 8.54. The Morgan fingerprint density at radius 3 is 1.59 bits per heavy atom. The highest BCUT2D eigenvalue weighted by Crippen LogP contribution is 2.15. The Bertz CT molecular complexity index is 819. The first-order chi connectivity index (χ1) is 15.6. The van der Waals surface area contributed by atoms with Crippen LogP contribution in [0, 0.1) is 0 Å². The summed E-state index contributed by atoms with van der Waals surface area (Å²) in [5.74, 6) is 0.147. The summed E-state index contributed by atoms with van der Waals surface area (Å²) in [5, 5.41) is 17.6. The molecule has 0 bridgehead atoms. The quantitative estimate of drug-likeness (QED) is 0.524. The molecule has 7 heteroatoms. The molecule has 2 aromatic rings. The maximum absolute atomic E-state index is 13.1. The van der Waals surface area contributed by atoms with Gasteiger partial charge in [0, 0.05) is 63.5 Å². The molecule has 32 heavy (non-hydrogen) atoms. The van der Waals surface area contributed by atoms with Crippen molar-refractivity contribution in [2.75, 3.05) is 52.4 Å². The van der Waals surface area contributed by atoms with Crippen molar-refractivity contribution in [2.24, 2.45) is 0 Å². The van der Waals surface area contributed by atoms with Crippen LogP contribution in [0.15, 0.2) is 60.7 Å². The molecule has 2 saturated heterocycles. The van der Waals surface area contributed by atoms with Gasteiger partial charge >= 0.3 is 0 Å². The fourth-order valence-corrected chi connectivity index (χ4v) is 4.64. The Hall–Kier alpha value is -2.42. The normalized spacial score (nSPS) is 23.5. The molecule has 7 nitrogen and oxygen atoms in total. The lowest BCUT2D eigenvalue weighted by molar-refractivity contribution is 0.0304. The van der Waals surface area contributed by atoms with Gasteiger partial charge in [-0.3, -0.25) is 19.4 Å². The minimum absolute atomic E-state index is 0.0734. The summed E-state index contributed by atoms with van der Waals surface area (Å²) < 4.78 is 0. The highest BCUT2D eigenvalue weighted by atomic mass is 16.3. The Labute approximate surface area is 189 Å². The summed E-state index contributed by atoms with van der Waals surface area (Å²) >= 11 is 0. The van der Waals surface area contributed by atoms with E-state index < -0.39 is 6.10 Å². The number of rotatable bonds is 8. The topological polar surface area (TPSA) is 84.9 Å². The first-order valence-corrected chi connectivity index (χ1v) is 11.4. The van der Waals surface area contributed by atoms with Crippen molar-refractivity contribution >= 4 is 11.6 Å². The predicted molar refractivity (Wildman–Crippen MR) is 124 cm³/mol. The number of carbonyl (C=O) groups excluding carboxylic acids is 2. The number of ketones is 2. The van der Waals surface area contributed by atoms with E-state index in [1.807, 2.05) is 60.7 Å². The number of aliphatic hydroxyl groups is 1. The number of Topliss-reactive ketones (excluding diaryl/α,β-unsaturated/α-hetero) is 2. The molecule has 0 spiro atoms. The van der Waals surface area contributed by atoms with Gasteiger partial charge in [0.2, 0.25) is 0 Å². The first-order valence-electron chi connectivity index (χ1n) is 11.4. The van der Waals surface area contributed by atoms with E-state index in [4.69, 9.17) is 0 Å². The molecular weight excluding hydrogens is 404 g/mol. The summed E-state index contributed by atoms with van der Waals surface area (Å²) in [7, 11) is 0. The molecule has 3 N–H and O–H groups in total. The lowest BCUT2D eigenvalue weighted by Gasteiger charge is -2.39. The fourth-order valence-electron chi connectivity index (χ4n) is 4.64.